The van der Waals surface area contributed by atoms with Gasteiger partial charge >= 0.3 is 5.97 Å². The molecular weight excluding hydrogens is 500 g/mol. The van der Waals surface area contributed by atoms with Gasteiger partial charge in [0, 0.05) is 24.5 Å². The number of nitrogens with zero attached hydrogens (tertiary/aromatic N) is 4. The Bertz CT molecular complexity index is 1580. The van der Waals surface area contributed by atoms with Crippen LogP contribution >= 0.6 is 11.6 Å². The van der Waals surface area contributed by atoms with Gasteiger partial charge in [-0.25, -0.2) is 4.68 Å². The van der Waals surface area contributed by atoms with Crippen LogP contribution in [-0.4, -0.2) is 43.4 Å². The lowest BCUT2D eigenvalue weighted by Crippen LogP contribution is -2.32. The zero-order valence-corrected chi connectivity index (χ0v) is 22.2. The molecule has 2 aliphatic rings. The Morgan fingerprint density at radius 3 is 2.76 bits per heavy atom. The first-order chi connectivity index (χ1) is 18.3. The minimum absolute atomic E-state index is 0.00832. The number of carboxylic acid groups (broad SMARTS) is 1. The number of amides is 1. The molecule has 1 amide bonds. The third kappa shape index (κ3) is 4.15. The maximum Gasteiger partial charge on any atom is 0.304 e. The van der Waals surface area contributed by atoms with E-state index >= 15 is 0 Å². The molecule has 0 spiro atoms. The summed E-state index contributed by atoms with van der Waals surface area (Å²) >= 11 is 6.34. The van der Waals surface area contributed by atoms with Gasteiger partial charge in [-0.3, -0.25) is 9.59 Å². The molecule has 4 aromatic rings. The maximum absolute atomic E-state index is 13.5. The van der Waals surface area contributed by atoms with E-state index in [9.17, 15) is 14.7 Å². The van der Waals surface area contributed by atoms with Crippen molar-refractivity contribution in [2.75, 3.05) is 6.54 Å². The monoisotopic (exact) mass is 528 g/mol. The van der Waals surface area contributed by atoms with Crippen molar-refractivity contribution in [2.24, 2.45) is 13.0 Å². The molecule has 7 nitrogen and oxygen atoms in total. The smallest absolute Gasteiger partial charge is 0.304 e. The molecule has 1 fully saturated rings. The number of likely N-dealkylation sites (tertiary alicyclic amines) is 1. The molecular formula is C30H29ClN4O3. The molecule has 1 aromatic heterocycles. The van der Waals surface area contributed by atoms with Crippen molar-refractivity contribution in [1.29, 1.82) is 0 Å². The second kappa shape index (κ2) is 9.55. The van der Waals surface area contributed by atoms with Crippen molar-refractivity contribution in [1.82, 2.24) is 19.9 Å². The fourth-order valence-electron chi connectivity index (χ4n) is 6.46. The highest BCUT2D eigenvalue weighted by atomic mass is 35.5. The normalized spacial score (nSPS) is 19.0. The number of aromatic nitrogens is 3. The fraction of sp³-hybridized carbons (Fsp3) is 0.333. The van der Waals surface area contributed by atoms with E-state index in [4.69, 9.17) is 11.6 Å². The summed E-state index contributed by atoms with van der Waals surface area (Å²) in [5, 5.41) is 18.9. The highest BCUT2D eigenvalue weighted by molar-refractivity contribution is 6.31. The predicted octanol–water partition coefficient (Wildman–Crippen LogP) is 5.23. The lowest BCUT2D eigenvalue weighted by molar-refractivity contribution is -0.137. The van der Waals surface area contributed by atoms with Crippen molar-refractivity contribution in [3.8, 4) is 0 Å². The molecule has 38 heavy (non-hydrogen) atoms. The molecule has 3 aromatic carbocycles. The Morgan fingerprint density at radius 1 is 1.16 bits per heavy atom. The van der Waals surface area contributed by atoms with Gasteiger partial charge in [0.15, 0.2) is 0 Å². The van der Waals surface area contributed by atoms with Crippen LogP contribution in [0.5, 0.6) is 0 Å². The number of carboxylic acids is 1. The molecule has 1 saturated heterocycles. The second-order valence-electron chi connectivity index (χ2n) is 10.5. The maximum atomic E-state index is 13.5. The molecule has 8 heteroatoms. The average Bonchev–Trinajstić information content (AvgIpc) is 3.58. The zero-order valence-electron chi connectivity index (χ0n) is 21.4. The van der Waals surface area contributed by atoms with Gasteiger partial charge in [0.05, 0.1) is 24.4 Å². The summed E-state index contributed by atoms with van der Waals surface area (Å²) in [5.41, 5.74) is 7.75. The summed E-state index contributed by atoms with van der Waals surface area (Å²) in [7, 11) is 1.85. The number of hydrogen-bond donors (Lipinski definition) is 1. The standard InChI is InChI=1S/C30H29ClN4O3/c1-17-22(9-10-26-29(17)32-33-34(26)2)23(16-28(37)38)19-8-7-18-13-21-11-12-35(30(21)24(18)14-19)27(36)15-20-5-3-4-6-25(20)31/h3-10,14,21,23,30H,11-13,15-16H2,1-2H3,(H,37,38). The second-order valence-corrected chi connectivity index (χ2v) is 10.9. The SMILES string of the molecule is Cc1c(C(CC(=O)O)c2ccc3c(c2)C2C(CCN2C(=O)Cc2ccccc2Cl)C3)ccc2c1nnn2C. The summed E-state index contributed by atoms with van der Waals surface area (Å²) < 4.78 is 1.72. The molecule has 6 rings (SSSR count). The molecule has 0 bridgehead atoms. The third-order valence-corrected chi connectivity index (χ3v) is 8.72. The van der Waals surface area contributed by atoms with Crippen LogP contribution in [0.15, 0.2) is 54.6 Å². The average molecular weight is 529 g/mol. The number of carbonyl (C=O) groups is 2. The van der Waals surface area contributed by atoms with Crippen LogP contribution in [0.4, 0.5) is 0 Å². The number of halogens is 1. The number of carbonyl (C=O) groups excluding carboxylic acids is 1. The minimum Gasteiger partial charge on any atom is -0.481 e. The molecule has 0 saturated carbocycles. The summed E-state index contributed by atoms with van der Waals surface area (Å²) in [4.78, 5) is 27.5. The van der Waals surface area contributed by atoms with Crippen LogP contribution < -0.4 is 0 Å². The van der Waals surface area contributed by atoms with Crippen LogP contribution in [0, 0.1) is 12.8 Å². The Labute approximate surface area is 226 Å². The van der Waals surface area contributed by atoms with Gasteiger partial charge in [0.1, 0.15) is 5.52 Å². The third-order valence-electron chi connectivity index (χ3n) is 8.35. The van der Waals surface area contributed by atoms with Gasteiger partial charge in [-0.2, -0.15) is 0 Å². The Kier molecular flexibility index (Phi) is 6.19. The Morgan fingerprint density at radius 2 is 1.97 bits per heavy atom. The van der Waals surface area contributed by atoms with Crippen molar-refractivity contribution in [3.05, 3.63) is 93.0 Å². The number of benzene rings is 3. The molecule has 1 aliphatic carbocycles. The number of aryl methyl sites for hydroxylation is 2. The van der Waals surface area contributed by atoms with Crippen LogP contribution in [-0.2, 0) is 29.5 Å². The van der Waals surface area contributed by atoms with E-state index in [1.54, 1.807) is 4.68 Å². The van der Waals surface area contributed by atoms with Gasteiger partial charge < -0.3 is 10.0 Å². The molecule has 194 valence electrons. The minimum atomic E-state index is -0.857. The van der Waals surface area contributed by atoms with Crippen LogP contribution in [0.2, 0.25) is 5.02 Å². The Balaban J connectivity index is 1.36. The van der Waals surface area contributed by atoms with E-state index in [1.807, 2.05) is 55.3 Å². The first kappa shape index (κ1) is 24.6. The van der Waals surface area contributed by atoms with E-state index in [-0.39, 0.29) is 30.7 Å². The van der Waals surface area contributed by atoms with Gasteiger partial charge in [0.2, 0.25) is 5.91 Å². The van der Waals surface area contributed by atoms with Gasteiger partial charge in [-0.1, -0.05) is 59.3 Å². The lowest BCUT2D eigenvalue weighted by atomic mass is 9.84. The van der Waals surface area contributed by atoms with E-state index in [2.05, 4.69) is 28.5 Å². The molecule has 1 N–H and O–H groups in total. The molecule has 1 aliphatic heterocycles. The predicted molar refractivity (Wildman–Crippen MR) is 145 cm³/mol. The zero-order chi connectivity index (χ0) is 26.6. The van der Waals surface area contributed by atoms with Crippen molar-refractivity contribution < 1.29 is 14.7 Å². The highest BCUT2D eigenvalue weighted by Crippen LogP contribution is 2.48. The summed E-state index contributed by atoms with van der Waals surface area (Å²) in [6.45, 7) is 2.71. The largest absolute Gasteiger partial charge is 0.481 e. The number of fused-ring (bicyclic) bond motifs is 4. The van der Waals surface area contributed by atoms with E-state index < -0.39 is 5.97 Å². The first-order valence-electron chi connectivity index (χ1n) is 13.0. The first-order valence-corrected chi connectivity index (χ1v) is 13.4. The number of aliphatic carboxylic acids is 1. The number of hydrogen-bond acceptors (Lipinski definition) is 4. The van der Waals surface area contributed by atoms with E-state index in [0.29, 0.717) is 10.9 Å². The molecule has 2 heterocycles. The quantitative estimate of drug-likeness (QED) is 0.370. The van der Waals surface area contributed by atoms with Crippen LogP contribution in [0.25, 0.3) is 11.0 Å². The summed E-state index contributed by atoms with van der Waals surface area (Å²) in [6, 6.07) is 17.8. The molecule has 3 atom stereocenters. The molecule has 0 radical (unpaired) electrons. The molecule has 3 unspecified atom stereocenters. The van der Waals surface area contributed by atoms with Crippen molar-refractivity contribution in [2.45, 2.75) is 44.6 Å². The van der Waals surface area contributed by atoms with Gasteiger partial charge in [-0.05, 0) is 71.2 Å². The summed E-state index contributed by atoms with van der Waals surface area (Å²) in [6.07, 6.45) is 2.14. The number of rotatable bonds is 6. The van der Waals surface area contributed by atoms with Crippen LogP contribution in [0.3, 0.4) is 0 Å². The lowest BCUT2D eigenvalue weighted by Gasteiger charge is -2.27. The fourth-order valence-corrected chi connectivity index (χ4v) is 6.66. The van der Waals surface area contributed by atoms with E-state index in [1.165, 1.54) is 5.56 Å². The topological polar surface area (TPSA) is 88.3 Å². The van der Waals surface area contributed by atoms with Crippen molar-refractivity contribution in [3.63, 3.8) is 0 Å². The highest BCUT2D eigenvalue weighted by Gasteiger charge is 2.43. The van der Waals surface area contributed by atoms with Gasteiger partial charge in [0.25, 0.3) is 0 Å². The Hall–Kier alpha value is -3.71. The van der Waals surface area contributed by atoms with E-state index in [0.717, 1.165) is 58.2 Å². The summed E-state index contributed by atoms with van der Waals surface area (Å²) in [5.74, 6) is -0.734. The van der Waals surface area contributed by atoms with Crippen molar-refractivity contribution >= 4 is 34.5 Å². The van der Waals surface area contributed by atoms with Gasteiger partial charge in [-0.15, -0.1) is 5.10 Å². The van der Waals surface area contributed by atoms with Crippen LogP contribution in [0.1, 0.15) is 58.2 Å².